The highest BCUT2D eigenvalue weighted by atomic mass is 16.4. The molecule has 11 heavy (non-hydrogen) atoms. The van der Waals surface area contributed by atoms with E-state index in [0.717, 1.165) is 0 Å². The minimum Gasteiger partial charge on any atom is -0.481 e. The van der Waals surface area contributed by atoms with Crippen molar-refractivity contribution >= 4 is 5.97 Å². The largest absolute Gasteiger partial charge is 0.481 e. The molecular weight excluding hydrogens is 144 g/mol. The van der Waals surface area contributed by atoms with E-state index in [1.54, 1.807) is 12.2 Å². The van der Waals surface area contributed by atoms with Gasteiger partial charge < -0.3 is 10.2 Å². The molecule has 0 aromatic rings. The van der Waals surface area contributed by atoms with Crippen molar-refractivity contribution in [2.24, 2.45) is 5.92 Å². The lowest BCUT2D eigenvalue weighted by atomic mass is 9.86. The first kappa shape index (κ1) is 8.01. The molecule has 0 saturated heterocycles. The summed E-state index contributed by atoms with van der Waals surface area (Å²) in [6.07, 6.45) is 6.21. The predicted octanol–water partition coefficient (Wildman–Crippen LogP) is 0.564. The van der Waals surface area contributed by atoms with Gasteiger partial charge in [0.2, 0.25) is 0 Å². The molecule has 0 radical (unpaired) electrons. The third-order valence-electron chi connectivity index (χ3n) is 1.74. The van der Waals surface area contributed by atoms with Gasteiger partial charge in [-0.25, -0.2) is 0 Å². The first-order valence-corrected chi connectivity index (χ1v) is 3.35. The van der Waals surface area contributed by atoms with Crippen LogP contribution in [0.25, 0.3) is 0 Å². The predicted molar refractivity (Wildman–Crippen MR) is 40.0 cm³/mol. The van der Waals surface area contributed by atoms with Crippen LogP contribution in [0.5, 0.6) is 0 Å². The smallest absolute Gasteiger partial charge is 0.313 e. The van der Waals surface area contributed by atoms with Crippen LogP contribution in [0.3, 0.4) is 0 Å². The lowest BCUT2D eigenvalue weighted by Crippen LogP contribution is -2.37. The highest BCUT2D eigenvalue weighted by Crippen LogP contribution is 2.23. The number of hydrogen-bond donors (Lipinski definition) is 2. The fourth-order valence-corrected chi connectivity index (χ4v) is 1.06. The molecule has 0 fully saturated rings. The van der Waals surface area contributed by atoms with Gasteiger partial charge in [0.05, 0.1) is 5.60 Å². The zero-order valence-electron chi connectivity index (χ0n) is 6.19. The normalized spacial score (nSPS) is 35.6. The van der Waals surface area contributed by atoms with E-state index in [1.807, 2.05) is 0 Å². The quantitative estimate of drug-likeness (QED) is 0.580. The number of hydrogen-bond acceptors (Lipinski definition) is 2. The van der Waals surface area contributed by atoms with Gasteiger partial charge in [-0.05, 0) is 6.92 Å². The van der Waals surface area contributed by atoms with Gasteiger partial charge in [-0.2, -0.15) is 0 Å². The van der Waals surface area contributed by atoms with Crippen LogP contribution >= 0.6 is 0 Å². The molecule has 1 aliphatic rings. The van der Waals surface area contributed by atoms with Crippen LogP contribution in [0, 0.1) is 5.92 Å². The molecule has 0 heterocycles. The van der Waals surface area contributed by atoms with E-state index in [0.29, 0.717) is 0 Å². The molecule has 0 aromatic heterocycles. The topological polar surface area (TPSA) is 57.5 Å². The Kier molecular flexibility index (Phi) is 1.83. The summed E-state index contributed by atoms with van der Waals surface area (Å²) in [5.41, 5.74) is -1.25. The molecule has 3 nitrogen and oxygen atoms in total. The second-order valence-corrected chi connectivity index (χ2v) is 2.79. The van der Waals surface area contributed by atoms with Crippen molar-refractivity contribution in [3.63, 3.8) is 0 Å². The number of carboxylic acid groups (broad SMARTS) is 1. The fraction of sp³-hybridized carbons (Fsp3) is 0.375. The average Bonchev–Trinajstić information content (AvgIpc) is 1.85. The Morgan fingerprint density at radius 1 is 1.55 bits per heavy atom. The van der Waals surface area contributed by atoms with Crippen LogP contribution in [0.4, 0.5) is 0 Å². The van der Waals surface area contributed by atoms with E-state index in [1.165, 1.54) is 19.1 Å². The van der Waals surface area contributed by atoms with Crippen molar-refractivity contribution in [3.8, 4) is 0 Å². The lowest BCUT2D eigenvalue weighted by Gasteiger charge is -2.26. The second kappa shape index (κ2) is 2.51. The molecule has 60 valence electrons. The summed E-state index contributed by atoms with van der Waals surface area (Å²) >= 11 is 0. The maximum Gasteiger partial charge on any atom is 0.313 e. The van der Waals surface area contributed by atoms with Crippen molar-refractivity contribution in [2.75, 3.05) is 0 Å². The SMILES string of the molecule is CC1(O)C=CC=CC1C(=O)O. The highest BCUT2D eigenvalue weighted by Gasteiger charge is 2.34. The minimum atomic E-state index is -1.25. The van der Waals surface area contributed by atoms with Crippen molar-refractivity contribution in [2.45, 2.75) is 12.5 Å². The molecule has 2 N–H and O–H groups in total. The first-order chi connectivity index (χ1) is 5.04. The maximum atomic E-state index is 10.5. The third-order valence-corrected chi connectivity index (χ3v) is 1.74. The summed E-state index contributed by atoms with van der Waals surface area (Å²) in [5.74, 6) is -1.83. The van der Waals surface area contributed by atoms with Crippen LogP contribution < -0.4 is 0 Å². The van der Waals surface area contributed by atoms with Gasteiger partial charge in [-0.1, -0.05) is 24.3 Å². The first-order valence-electron chi connectivity index (χ1n) is 3.35. The van der Waals surface area contributed by atoms with Crippen LogP contribution in [-0.4, -0.2) is 21.8 Å². The Morgan fingerprint density at radius 2 is 2.18 bits per heavy atom. The van der Waals surface area contributed by atoms with Crippen LogP contribution in [0.15, 0.2) is 24.3 Å². The van der Waals surface area contributed by atoms with E-state index in [-0.39, 0.29) is 0 Å². The molecule has 2 atom stereocenters. The standard InChI is InChI=1S/C8H10O3/c1-8(11)5-3-2-4-6(8)7(9)10/h2-6,11H,1H3,(H,9,10). The molecule has 2 unspecified atom stereocenters. The zero-order valence-corrected chi connectivity index (χ0v) is 6.19. The van der Waals surface area contributed by atoms with Crippen molar-refractivity contribution < 1.29 is 15.0 Å². The Morgan fingerprint density at radius 3 is 2.55 bits per heavy atom. The van der Waals surface area contributed by atoms with Gasteiger partial charge in [0, 0.05) is 0 Å². The number of rotatable bonds is 1. The molecule has 3 heteroatoms. The minimum absolute atomic E-state index is 0.826. The van der Waals surface area contributed by atoms with E-state index in [9.17, 15) is 9.90 Å². The van der Waals surface area contributed by atoms with E-state index in [4.69, 9.17) is 5.11 Å². The van der Waals surface area contributed by atoms with Gasteiger partial charge in [0.1, 0.15) is 5.92 Å². The Bertz CT molecular complexity index is 225. The summed E-state index contributed by atoms with van der Waals surface area (Å²) in [7, 11) is 0. The van der Waals surface area contributed by atoms with Gasteiger partial charge >= 0.3 is 5.97 Å². The fourth-order valence-electron chi connectivity index (χ4n) is 1.06. The molecule has 0 amide bonds. The highest BCUT2D eigenvalue weighted by molar-refractivity contribution is 5.74. The van der Waals surface area contributed by atoms with Gasteiger partial charge in [-0.3, -0.25) is 4.79 Å². The Hall–Kier alpha value is -1.09. The molecule has 1 rings (SSSR count). The molecule has 0 bridgehead atoms. The second-order valence-electron chi connectivity index (χ2n) is 2.79. The van der Waals surface area contributed by atoms with Gasteiger partial charge in [0.15, 0.2) is 0 Å². The third kappa shape index (κ3) is 1.49. The number of aliphatic carboxylic acids is 1. The van der Waals surface area contributed by atoms with Crippen molar-refractivity contribution in [1.29, 1.82) is 0 Å². The number of carbonyl (C=O) groups is 1. The van der Waals surface area contributed by atoms with Crippen molar-refractivity contribution in [3.05, 3.63) is 24.3 Å². The summed E-state index contributed by atoms with van der Waals surface area (Å²) in [6, 6.07) is 0. The zero-order chi connectivity index (χ0) is 8.48. The maximum absolute atomic E-state index is 10.5. The summed E-state index contributed by atoms with van der Waals surface area (Å²) < 4.78 is 0. The molecule has 1 aliphatic carbocycles. The van der Waals surface area contributed by atoms with E-state index in [2.05, 4.69) is 0 Å². The Balaban J connectivity index is 2.89. The summed E-state index contributed by atoms with van der Waals surface area (Å²) in [5, 5.41) is 18.1. The summed E-state index contributed by atoms with van der Waals surface area (Å²) in [6.45, 7) is 1.48. The van der Waals surface area contributed by atoms with Gasteiger partial charge in [0.25, 0.3) is 0 Å². The molecular formula is C8H10O3. The molecule has 0 aliphatic heterocycles. The Labute approximate surface area is 64.7 Å². The van der Waals surface area contributed by atoms with Crippen LogP contribution in [0.2, 0.25) is 0 Å². The average molecular weight is 154 g/mol. The molecule has 0 saturated carbocycles. The van der Waals surface area contributed by atoms with E-state index < -0.39 is 17.5 Å². The van der Waals surface area contributed by atoms with E-state index >= 15 is 0 Å². The number of allylic oxidation sites excluding steroid dienone is 2. The lowest BCUT2D eigenvalue weighted by molar-refractivity contribution is -0.145. The molecule has 0 aromatic carbocycles. The number of carboxylic acids is 1. The van der Waals surface area contributed by atoms with Crippen LogP contribution in [-0.2, 0) is 4.79 Å². The monoisotopic (exact) mass is 154 g/mol. The van der Waals surface area contributed by atoms with Crippen molar-refractivity contribution in [1.82, 2.24) is 0 Å². The molecule has 0 spiro atoms. The summed E-state index contributed by atoms with van der Waals surface area (Å²) in [4.78, 5) is 10.5. The van der Waals surface area contributed by atoms with Crippen LogP contribution in [0.1, 0.15) is 6.92 Å². The van der Waals surface area contributed by atoms with Gasteiger partial charge in [-0.15, -0.1) is 0 Å². The number of aliphatic hydroxyl groups is 1.